The number of para-hydroxylation sites is 1. The molecule has 0 unspecified atom stereocenters. The van der Waals surface area contributed by atoms with Crippen LogP contribution in [0, 0.1) is 0 Å². The number of hydrogen-bond donors (Lipinski definition) is 1. The number of aliphatic carboxylic acids is 1. The normalized spacial score (nSPS) is 10.7. The van der Waals surface area contributed by atoms with Crippen molar-refractivity contribution < 1.29 is 14.6 Å². The summed E-state index contributed by atoms with van der Waals surface area (Å²) >= 11 is 0. The first-order chi connectivity index (χ1) is 10.7. The maximum atomic E-state index is 10.5. The van der Waals surface area contributed by atoms with Gasteiger partial charge in [0.25, 0.3) is 0 Å². The number of carboxylic acid groups (broad SMARTS) is 1. The van der Waals surface area contributed by atoms with Crippen LogP contribution in [-0.2, 0) is 17.9 Å². The number of carboxylic acids is 1. The number of benzene rings is 2. The molecule has 22 heavy (non-hydrogen) atoms. The summed E-state index contributed by atoms with van der Waals surface area (Å²) in [5.74, 6) is -0.0861. The molecule has 0 aliphatic rings. The number of hydrogen-bond acceptors (Lipinski definition) is 4. The highest BCUT2D eigenvalue weighted by molar-refractivity contribution is 5.73. The molecule has 0 saturated heterocycles. The van der Waals surface area contributed by atoms with E-state index in [1.165, 1.54) is 0 Å². The second-order valence-corrected chi connectivity index (χ2v) is 4.89. The van der Waals surface area contributed by atoms with Crippen molar-refractivity contribution in [3.05, 3.63) is 54.1 Å². The minimum Gasteiger partial charge on any atom is -0.481 e. The topological polar surface area (TPSA) is 77.2 Å². The van der Waals surface area contributed by atoms with Crippen LogP contribution in [0.1, 0.15) is 12.0 Å². The lowest BCUT2D eigenvalue weighted by atomic mass is 10.1. The van der Waals surface area contributed by atoms with E-state index in [0.29, 0.717) is 12.2 Å². The molecule has 0 aliphatic heterocycles. The van der Waals surface area contributed by atoms with E-state index in [9.17, 15) is 4.79 Å². The Morgan fingerprint density at radius 2 is 1.91 bits per heavy atom. The third-order valence-electron chi connectivity index (χ3n) is 3.32. The summed E-state index contributed by atoms with van der Waals surface area (Å²) in [4.78, 5) is 10.5. The van der Waals surface area contributed by atoms with Gasteiger partial charge in [-0.2, -0.15) is 0 Å². The van der Waals surface area contributed by atoms with Crippen LogP contribution in [-0.4, -0.2) is 26.1 Å². The van der Waals surface area contributed by atoms with Crippen LogP contribution in [0.4, 0.5) is 0 Å². The van der Waals surface area contributed by atoms with Gasteiger partial charge in [-0.25, -0.2) is 4.68 Å². The molecular formula is C16H15N3O3. The molecule has 3 aromatic rings. The second kappa shape index (κ2) is 6.26. The van der Waals surface area contributed by atoms with Gasteiger partial charge in [0, 0.05) is 6.42 Å². The first-order valence-electron chi connectivity index (χ1n) is 6.94. The van der Waals surface area contributed by atoms with Crippen LogP contribution in [0.25, 0.3) is 11.0 Å². The number of carbonyl (C=O) groups is 1. The van der Waals surface area contributed by atoms with E-state index in [0.717, 1.165) is 16.6 Å². The SMILES string of the molecule is O=C(O)CCc1ccc(OCn2nnc3ccccc32)cc1. The smallest absolute Gasteiger partial charge is 0.303 e. The van der Waals surface area contributed by atoms with Crippen molar-refractivity contribution >= 4 is 17.0 Å². The lowest BCUT2D eigenvalue weighted by molar-refractivity contribution is -0.136. The van der Waals surface area contributed by atoms with Crippen LogP contribution >= 0.6 is 0 Å². The average Bonchev–Trinajstić information content (AvgIpc) is 2.95. The highest BCUT2D eigenvalue weighted by Crippen LogP contribution is 2.15. The second-order valence-electron chi connectivity index (χ2n) is 4.89. The van der Waals surface area contributed by atoms with E-state index in [2.05, 4.69) is 10.3 Å². The van der Waals surface area contributed by atoms with Gasteiger partial charge in [0.15, 0.2) is 6.73 Å². The van der Waals surface area contributed by atoms with Gasteiger partial charge in [-0.3, -0.25) is 4.79 Å². The Kier molecular flexibility index (Phi) is 4.00. The fraction of sp³-hybridized carbons (Fsp3) is 0.188. The molecule has 6 heteroatoms. The van der Waals surface area contributed by atoms with E-state index in [4.69, 9.17) is 9.84 Å². The summed E-state index contributed by atoms with van der Waals surface area (Å²) in [6.07, 6.45) is 0.647. The molecule has 0 spiro atoms. The van der Waals surface area contributed by atoms with Gasteiger partial charge in [0.1, 0.15) is 11.3 Å². The standard InChI is InChI=1S/C16H15N3O3/c20-16(21)10-7-12-5-8-13(9-6-12)22-11-19-15-4-2-1-3-14(15)17-18-19/h1-6,8-9H,7,10-11H2,(H,20,21). The van der Waals surface area contributed by atoms with Crippen LogP contribution in [0.3, 0.4) is 0 Å². The molecule has 112 valence electrons. The van der Waals surface area contributed by atoms with Crippen molar-refractivity contribution in [3.63, 3.8) is 0 Å². The molecule has 1 aromatic heterocycles. The van der Waals surface area contributed by atoms with Crippen molar-refractivity contribution in [1.29, 1.82) is 0 Å². The number of fused-ring (bicyclic) bond motifs is 1. The molecule has 2 aromatic carbocycles. The first-order valence-corrected chi connectivity index (χ1v) is 6.94. The third-order valence-corrected chi connectivity index (χ3v) is 3.32. The van der Waals surface area contributed by atoms with Crippen molar-refractivity contribution in [2.75, 3.05) is 0 Å². The molecule has 0 fully saturated rings. The van der Waals surface area contributed by atoms with Crippen LogP contribution < -0.4 is 4.74 Å². The Bertz CT molecular complexity index is 781. The minimum absolute atomic E-state index is 0.130. The molecular weight excluding hydrogens is 282 g/mol. The molecule has 1 N–H and O–H groups in total. The highest BCUT2D eigenvalue weighted by atomic mass is 16.5. The van der Waals surface area contributed by atoms with Gasteiger partial charge < -0.3 is 9.84 Å². The molecule has 0 bridgehead atoms. The fourth-order valence-electron chi connectivity index (χ4n) is 2.15. The zero-order valence-corrected chi connectivity index (χ0v) is 11.8. The molecule has 6 nitrogen and oxygen atoms in total. The van der Waals surface area contributed by atoms with Crippen LogP contribution in [0.2, 0.25) is 0 Å². The van der Waals surface area contributed by atoms with Gasteiger partial charge >= 0.3 is 5.97 Å². The molecule has 3 rings (SSSR count). The molecule has 1 heterocycles. The van der Waals surface area contributed by atoms with Crippen LogP contribution in [0.15, 0.2) is 48.5 Å². The van der Waals surface area contributed by atoms with E-state index in [1.54, 1.807) is 4.68 Å². The summed E-state index contributed by atoms with van der Waals surface area (Å²) in [5, 5.41) is 16.8. The predicted molar refractivity (Wildman–Crippen MR) is 80.6 cm³/mol. The van der Waals surface area contributed by atoms with E-state index < -0.39 is 5.97 Å². The van der Waals surface area contributed by atoms with Crippen molar-refractivity contribution in [2.24, 2.45) is 0 Å². The predicted octanol–water partition coefficient (Wildman–Crippen LogP) is 2.49. The Hall–Kier alpha value is -2.89. The Labute approximate surface area is 126 Å². The Morgan fingerprint density at radius 1 is 1.14 bits per heavy atom. The summed E-state index contributed by atoms with van der Waals surface area (Å²) in [5.41, 5.74) is 2.72. The summed E-state index contributed by atoms with van der Waals surface area (Å²) in [6.45, 7) is 0.273. The quantitative estimate of drug-likeness (QED) is 0.756. The van der Waals surface area contributed by atoms with Gasteiger partial charge in [-0.15, -0.1) is 5.10 Å². The molecule has 0 amide bonds. The maximum absolute atomic E-state index is 10.5. The van der Waals surface area contributed by atoms with Crippen molar-refractivity contribution in [3.8, 4) is 5.75 Å². The zero-order valence-electron chi connectivity index (χ0n) is 11.8. The van der Waals surface area contributed by atoms with Crippen molar-refractivity contribution in [1.82, 2.24) is 15.0 Å². The summed E-state index contributed by atoms with van der Waals surface area (Å²) in [6, 6.07) is 15.1. The summed E-state index contributed by atoms with van der Waals surface area (Å²) in [7, 11) is 0. The molecule has 0 aliphatic carbocycles. The number of rotatable bonds is 6. The number of aryl methyl sites for hydroxylation is 1. The number of ether oxygens (including phenoxy) is 1. The van der Waals surface area contributed by atoms with E-state index in [-0.39, 0.29) is 13.2 Å². The van der Waals surface area contributed by atoms with Crippen molar-refractivity contribution in [2.45, 2.75) is 19.6 Å². The number of aromatic nitrogens is 3. The lowest BCUT2D eigenvalue weighted by Crippen LogP contribution is -2.06. The van der Waals surface area contributed by atoms with Crippen LogP contribution in [0.5, 0.6) is 5.75 Å². The fourth-order valence-corrected chi connectivity index (χ4v) is 2.15. The van der Waals surface area contributed by atoms with E-state index in [1.807, 2.05) is 48.5 Å². The maximum Gasteiger partial charge on any atom is 0.303 e. The third kappa shape index (κ3) is 3.22. The first kappa shape index (κ1) is 14.1. The average molecular weight is 297 g/mol. The van der Waals surface area contributed by atoms with Gasteiger partial charge in [-0.05, 0) is 36.2 Å². The van der Waals surface area contributed by atoms with Gasteiger partial charge in [0.05, 0.1) is 5.52 Å². The van der Waals surface area contributed by atoms with Gasteiger partial charge in [-0.1, -0.05) is 29.5 Å². The lowest BCUT2D eigenvalue weighted by Gasteiger charge is -2.07. The molecule has 0 radical (unpaired) electrons. The molecule has 0 saturated carbocycles. The Balaban J connectivity index is 1.63. The minimum atomic E-state index is -0.793. The molecule has 0 atom stereocenters. The largest absolute Gasteiger partial charge is 0.481 e. The Morgan fingerprint density at radius 3 is 2.68 bits per heavy atom. The highest BCUT2D eigenvalue weighted by Gasteiger charge is 2.04. The number of nitrogens with zero attached hydrogens (tertiary/aromatic N) is 3. The zero-order chi connectivity index (χ0) is 15.4. The monoisotopic (exact) mass is 297 g/mol. The summed E-state index contributed by atoms with van der Waals surface area (Å²) < 4.78 is 7.37. The van der Waals surface area contributed by atoms with Gasteiger partial charge in [0.2, 0.25) is 0 Å². The van der Waals surface area contributed by atoms with E-state index >= 15 is 0 Å².